The highest BCUT2D eigenvalue weighted by Gasteiger charge is 2.03. The van der Waals surface area contributed by atoms with E-state index in [-0.39, 0.29) is 0 Å². The first-order valence-corrected chi connectivity index (χ1v) is 5.61. The first kappa shape index (κ1) is 9.31. The van der Waals surface area contributed by atoms with Crippen LogP contribution in [0.2, 0.25) is 0 Å². The fourth-order valence-electron chi connectivity index (χ4n) is 1.13. The molecule has 0 unspecified atom stereocenters. The molecule has 3 nitrogen and oxygen atoms in total. The second-order valence-corrected chi connectivity index (χ2v) is 4.48. The van der Waals surface area contributed by atoms with Gasteiger partial charge in [-0.15, -0.1) is 0 Å². The Kier molecular flexibility index (Phi) is 2.57. The van der Waals surface area contributed by atoms with Crippen molar-refractivity contribution in [2.45, 2.75) is 4.90 Å². The Morgan fingerprint density at radius 3 is 3.14 bits per heavy atom. The molecule has 1 heterocycles. The molecule has 0 bridgehead atoms. The Hall–Kier alpha value is -1.25. The summed E-state index contributed by atoms with van der Waals surface area (Å²) in [7, 11) is 1.85. The Labute approximate surface area is 89.8 Å². The number of thiocyanates is 1. The molecule has 1 N–H and O–H groups in total. The summed E-state index contributed by atoms with van der Waals surface area (Å²) in [5.41, 5.74) is 0.974. The van der Waals surface area contributed by atoms with Gasteiger partial charge in [0.1, 0.15) is 5.40 Å². The van der Waals surface area contributed by atoms with Gasteiger partial charge >= 0.3 is 0 Å². The first-order chi connectivity index (χ1) is 6.83. The fraction of sp³-hybridized carbons (Fsp3) is 0.111. The van der Waals surface area contributed by atoms with E-state index < -0.39 is 0 Å². The average molecular weight is 221 g/mol. The third-order valence-electron chi connectivity index (χ3n) is 1.74. The van der Waals surface area contributed by atoms with Crippen molar-refractivity contribution in [3.63, 3.8) is 0 Å². The number of fused-ring (bicyclic) bond motifs is 1. The van der Waals surface area contributed by atoms with Gasteiger partial charge in [0.05, 0.1) is 10.2 Å². The van der Waals surface area contributed by atoms with Crippen molar-refractivity contribution in [3.05, 3.63) is 18.2 Å². The summed E-state index contributed by atoms with van der Waals surface area (Å²) >= 11 is 2.76. The number of nitrogens with zero attached hydrogens (tertiary/aromatic N) is 2. The predicted molar refractivity (Wildman–Crippen MR) is 60.6 cm³/mol. The van der Waals surface area contributed by atoms with Gasteiger partial charge in [-0.3, -0.25) is 0 Å². The molecule has 70 valence electrons. The topological polar surface area (TPSA) is 48.7 Å². The van der Waals surface area contributed by atoms with Crippen LogP contribution in [-0.2, 0) is 0 Å². The van der Waals surface area contributed by atoms with Crippen LogP contribution in [-0.4, -0.2) is 12.0 Å². The van der Waals surface area contributed by atoms with Gasteiger partial charge in [0.25, 0.3) is 0 Å². The van der Waals surface area contributed by atoms with Crippen molar-refractivity contribution in [3.8, 4) is 5.40 Å². The summed E-state index contributed by atoms with van der Waals surface area (Å²) in [6.07, 6.45) is 0. The summed E-state index contributed by atoms with van der Waals surface area (Å²) in [4.78, 5) is 5.31. The highest BCUT2D eigenvalue weighted by molar-refractivity contribution is 8.03. The molecule has 0 amide bonds. The van der Waals surface area contributed by atoms with Crippen LogP contribution in [0.15, 0.2) is 23.1 Å². The van der Waals surface area contributed by atoms with Crippen molar-refractivity contribution in [2.24, 2.45) is 0 Å². The molecule has 2 rings (SSSR count). The largest absolute Gasteiger partial charge is 0.365 e. The van der Waals surface area contributed by atoms with Crippen LogP contribution >= 0.6 is 23.1 Å². The first-order valence-electron chi connectivity index (χ1n) is 3.98. The minimum absolute atomic E-state index is 0.902. The summed E-state index contributed by atoms with van der Waals surface area (Å²) in [6.45, 7) is 0. The van der Waals surface area contributed by atoms with Crippen LogP contribution in [0.1, 0.15) is 0 Å². The van der Waals surface area contributed by atoms with Gasteiger partial charge < -0.3 is 5.32 Å². The van der Waals surface area contributed by atoms with E-state index in [1.165, 1.54) is 11.8 Å². The van der Waals surface area contributed by atoms with E-state index in [0.717, 1.165) is 20.2 Å². The third kappa shape index (κ3) is 1.67. The zero-order valence-corrected chi connectivity index (χ0v) is 9.08. The van der Waals surface area contributed by atoms with Crippen molar-refractivity contribution in [1.82, 2.24) is 4.98 Å². The number of hydrogen-bond acceptors (Lipinski definition) is 5. The molecular formula is C9H7N3S2. The zero-order chi connectivity index (χ0) is 9.97. The summed E-state index contributed by atoms with van der Waals surface area (Å²) < 4.78 is 1.11. The zero-order valence-electron chi connectivity index (χ0n) is 7.44. The molecular weight excluding hydrogens is 214 g/mol. The second-order valence-electron chi connectivity index (χ2n) is 2.59. The van der Waals surface area contributed by atoms with E-state index in [2.05, 4.69) is 15.7 Å². The Morgan fingerprint density at radius 1 is 1.57 bits per heavy atom. The van der Waals surface area contributed by atoms with Crippen LogP contribution in [0.4, 0.5) is 5.13 Å². The molecule has 0 saturated carbocycles. The molecule has 0 saturated heterocycles. The van der Waals surface area contributed by atoms with Gasteiger partial charge in [0.15, 0.2) is 5.13 Å². The summed E-state index contributed by atoms with van der Waals surface area (Å²) in [5, 5.41) is 14.5. The van der Waals surface area contributed by atoms with Crippen LogP contribution in [0.3, 0.4) is 0 Å². The third-order valence-corrected chi connectivity index (χ3v) is 3.35. The maximum atomic E-state index is 8.53. The van der Waals surface area contributed by atoms with Gasteiger partial charge in [0, 0.05) is 11.9 Å². The molecule has 14 heavy (non-hydrogen) atoms. The van der Waals surface area contributed by atoms with Crippen molar-refractivity contribution in [1.29, 1.82) is 5.26 Å². The van der Waals surface area contributed by atoms with Crippen LogP contribution in [0, 0.1) is 10.7 Å². The molecule has 0 spiro atoms. The number of thiazole rings is 1. The number of nitriles is 1. The van der Waals surface area contributed by atoms with E-state index in [1.54, 1.807) is 11.3 Å². The highest BCUT2D eigenvalue weighted by atomic mass is 32.2. The summed E-state index contributed by atoms with van der Waals surface area (Å²) in [5.74, 6) is 0. The van der Waals surface area contributed by atoms with Gasteiger partial charge in [-0.1, -0.05) is 11.3 Å². The number of benzene rings is 1. The SMILES string of the molecule is CNc1nc2ccc(SC#N)cc2s1. The quantitative estimate of drug-likeness (QED) is 0.625. The average Bonchev–Trinajstić information content (AvgIpc) is 2.60. The lowest BCUT2D eigenvalue weighted by molar-refractivity contribution is 1.40. The Morgan fingerprint density at radius 2 is 2.43 bits per heavy atom. The van der Waals surface area contributed by atoms with Crippen molar-refractivity contribution in [2.75, 3.05) is 12.4 Å². The number of aromatic nitrogens is 1. The molecule has 1 aromatic heterocycles. The number of anilines is 1. The molecule has 0 fully saturated rings. The predicted octanol–water partition coefficient (Wildman–Crippen LogP) is 2.91. The Bertz CT molecular complexity index is 498. The molecule has 0 aliphatic carbocycles. The van der Waals surface area contributed by atoms with E-state index in [4.69, 9.17) is 5.26 Å². The van der Waals surface area contributed by atoms with Crippen LogP contribution in [0.5, 0.6) is 0 Å². The van der Waals surface area contributed by atoms with Gasteiger partial charge in [-0.05, 0) is 30.0 Å². The van der Waals surface area contributed by atoms with E-state index in [9.17, 15) is 0 Å². The van der Waals surface area contributed by atoms with Gasteiger partial charge in [-0.2, -0.15) is 5.26 Å². The number of thioether (sulfide) groups is 1. The van der Waals surface area contributed by atoms with Crippen LogP contribution in [0.25, 0.3) is 10.2 Å². The maximum absolute atomic E-state index is 8.53. The normalized spacial score (nSPS) is 10.0. The number of rotatable bonds is 2. The highest BCUT2D eigenvalue weighted by Crippen LogP contribution is 2.29. The van der Waals surface area contributed by atoms with Gasteiger partial charge in [0.2, 0.25) is 0 Å². The van der Waals surface area contributed by atoms with E-state index in [0.29, 0.717) is 0 Å². The van der Waals surface area contributed by atoms with E-state index in [1.807, 2.05) is 25.2 Å². The molecule has 5 heteroatoms. The molecule has 0 aliphatic rings. The number of nitrogens with one attached hydrogen (secondary N) is 1. The van der Waals surface area contributed by atoms with Crippen molar-refractivity contribution < 1.29 is 0 Å². The number of hydrogen-bond donors (Lipinski definition) is 1. The lowest BCUT2D eigenvalue weighted by atomic mass is 10.3. The van der Waals surface area contributed by atoms with Gasteiger partial charge in [-0.25, -0.2) is 4.98 Å². The molecule has 0 radical (unpaired) electrons. The van der Waals surface area contributed by atoms with Crippen molar-refractivity contribution >= 4 is 38.4 Å². The molecule has 2 aromatic rings. The standard InChI is InChI=1S/C9H7N3S2/c1-11-9-12-7-3-2-6(13-5-10)4-8(7)14-9/h2-4H,1H3,(H,11,12). The lowest BCUT2D eigenvalue weighted by Crippen LogP contribution is -1.83. The molecule has 1 aromatic carbocycles. The smallest absolute Gasteiger partial charge is 0.183 e. The lowest BCUT2D eigenvalue weighted by Gasteiger charge is -1.91. The Balaban J connectivity index is 2.49. The van der Waals surface area contributed by atoms with E-state index >= 15 is 0 Å². The fourth-order valence-corrected chi connectivity index (χ4v) is 2.48. The maximum Gasteiger partial charge on any atom is 0.183 e. The molecule has 0 atom stereocenters. The monoisotopic (exact) mass is 221 g/mol. The minimum atomic E-state index is 0.902. The second kappa shape index (κ2) is 3.86. The molecule has 0 aliphatic heterocycles. The van der Waals surface area contributed by atoms with Crippen LogP contribution < -0.4 is 5.32 Å². The summed E-state index contributed by atoms with van der Waals surface area (Å²) in [6, 6.07) is 5.84. The minimum Gasteiger partial charge on any atom is -0.365 e.